The number of ether oxygens (including phenoxy) is 1. The van der Waals surface area contributed by atoms with Crippen LogP contribution in [0.25, 0.3) is 10.9 Å². The molecule has 28 heavy (non-hydrogen) atoms. The largest absolute Gasteiger partial charge is 0.376 e. The highest BCUT2D eigenvalue weighted by atomic mass is 16.5. The molecule has 1 N–H and O–H groups in total. The van der Waals surface area contributed by atoms with E-state index in [0.717, 1.165) is 37.1 Å². The minimum absolute atomic E-state index is 0.102. The highest BCUT2D eigenvalue weighted by Crippen LogP contribution is 2.36. The van der Waals surface area contributed by atoms with Crippen LogP contribution >= 0.6 is 0 Å². The fourth-order valence-electron chi connectivity index (χ4n) is 4.14. The fraction of sp³-hybridized carbons (Fsp3) is 0.333. The monoisotopic (exact) mass is 373 g/mol. The zero-order chi connectivity index (χ0) is 19.1. The number of hydrogen-bond donors (Lipinski definition) is 1. The molecule has 0 aliphatic carbocycles. The molecule has 2 aliphatic heterocycles. The summed E-state index contributed by atoms with van der Waals surface area (Å²) in [4.78, 5) is 27.1. The maximum absolute atomic E-state index is 12.5. The summed E-state index contributed by atoms with van der Waals surface area (Å²) in [6, 6.07) is 11.4. The van der Waals surface area contributed by atoms with Gasteiger partial charge in [0.1, 0.15) is 17.7 Å². The lowest BCUT2D eigenvalue weighted by atomic mass is 10.1. The highest BCUT2D eigenvalue weighted by molar-refractivity contribution is 5.77. The molecule has 4 heterocycles. The first-order valence-corrected chi connectivity index (χ1v) is 9.51. The number of rotatable bonds is 2. The molecule has 140 valence electrons. The van der Waals surface area contributed by atoms with E-state index < -0.39 is 0 Å². The van der Waals surface area contributed by atoms with Gasteiger partial charge in [-0.3, -0.25) is 4.79 Å². The third-order valence-electron chi connectivity index (χ3n) is 5.50. The average Bonchev–Trinajstić information content (AvgIpc) is 3.22. The van der Waals surface area contributed by atoms with E-state index in [1.807, 2.05) is 24.3 Å². The van der Waals surface area contributed by atoms with Crippen molar-refractivity contribution in [1.82, 2.24) is 15.0 Å². The number of fused-ring (bicyclic) bond motifs is 2. The minimum Gasteiger partial charge on any atom is -0.376 e. The maximum atomic E-state index is 12.5. The Hall–Kier alpha value is -3.24. The summed E-state index contributed by atoms with van der Waals surface area (Å²) in [6.45, 7) is 1.92. The second kappa shape index (κ2) is 6.73. The van der Waals surface area contributed by atoms with E-state index in [1.165, 1.54) is 0 Å². The maximum Gasteiger partial charge on any atom is 0.258 e. The van der Waals surface area contributed by atoms with Gasteiger partial charge in [0.05, 0.1) is 41.4 Å². The van der Waals surface area contributed by atoms with Gasteiger partial charge in [-0.2, -0.15) is 5.26 Å². The van der Waals surface area contributed by atoms with Crippen molar-refractivity contribution in [2.45, 2.75) is 31.9 Å². The van der Waals surface area contributed by atoms with Crippen LogP contribution in [0.2, 0.25) is 0 Å². The number of H-pyrrole nitrogens is 1. The molecule has 3 aromatic rings. The molecule has 7 nitrogen and oxygen atoms in total. The van der Waals surface area contributed by atoms with Crippen LogP contribution in [0.4, 0.5) is 5.82 Å². The van der Waals surface area contributed by atoms with Gasteiger partial charge in [-0.25, -0.2) is 9.97 Å². The van der Waals surface area contributed by atoms with Crippen molar-refractivity contribution < 1.29 is 4.74 Å². The fourth-order valence-corrected chi connectivity index (χ4v) is 4.14. The first-order valence-electron chi connectivity index (χ1n) is 9.51. The number of hydrogen-bond acceptors (Lipinski definition) is 6. The molecule has 2 aliphatic rings. The molecule has 1 fully saturated rings. The molecule has 1 unspecified atom stereocenters. The highest BCUT2D eigenvalue weighted by Gasteiger charge is 2.32. The third kappa shape index (κ3) is 2.74. The Morgan fingerprint density at radius 3 is 3.07 bits per heavy atom. The number of para-hydroxylation sites is 1. The summed E-state index contributed by atoms with van der Waals surface area (Å²) >= 11 is 0. The van der Waals surface area contributed by atoms with Crippen molar-refractivity contribution in [1.29, 1.82) is 5.26 Å². The average molecular weight is 373 g/mol. The Kier molecular flexibility index (Phi) is 4.06. The van der Waals surface area contributed by atoms with Gasteiger partial charge >= 0.3 is 0 Å². The Labute approximate surface area is 161 Å². The lowest BCUT2D eigenvalue weighted by molar-refractivity contribution is 0.109. The second-order valence-corrected chi connectivity index (χ2v) is 7.20. The van der Waals surface area contributed by atoms with Gasteiger partial charge in [0.2, 0.25) is 0 Å². The number of aromatic nitrogens is 3. The standard InChI is InChI=1S/C21H19N5O2/c22-11-13-10-14-12-28-9-7-16(14)24-20(13)26-8-3-6-18(26)19-23-17-5-2-1-4-15(17)21(27)25-19/h1-2,4-5,10,18H,3,6-9,12H2,(H,23,25,27). The number of pyridine rings is 1. The molecule has 2 aromatic heterocycles. The van der Waals surface area contributed by atoms with Crippen molar-refractivity contribution in [3.8, 4) is 6.07 Å². The molecule has 0 spiro atoms. The molecule has 5 rings (SSSR count). The van der Waals surface area contributed by atoms with Gasteiger partial charge in [0.25, 0.3) is 5.56 Å². The van der Waals surface area contributed by atoms with Crippen LogP contribution in [0.3, 0.4) is 0 Å². The van der Waals surface area contributed by atoms with Crippen LogP contribution in [0.1, 0.15) is 41.5 Å². The number of nitrogens with one attached hydrogen (secondary N) is 1. The predicted molar refractivity (Wildman–Crippen MR) is 104 cm³/mol. The van der Waals surface area contributed by atoms with E-state index in [4.69, 9.17) is 14.7 Å². The summed E-state index contributed by atoms with van der Waals surface area (Å²) in [5.41, 5.74) is 3.07. The second-order valence-electron chi connectivity index (χ2n) is 7.20. The van der Waals surface area contributed by atoms with Crippen LogP contribution in [0.15, 0.2) is 35.1 Å². The lowest BCUT2D eigenvalue weighted by Crippen LogP contribution is -2.28. The Bertz CT molecular complexity index is 1160. The topological polar surface area (TPSA) is 94.9 Å². The quantitative estimate of drug-likeness (QED) is 0.742. The van der Waals surface area contributed by atoms with E-state index in [-0.39, 0.29) is 11.6 Å². The van der Waals surface area contributed by atoms with Gasteiger partial charge in [0, 0.05) is 18.5 Å². The van der Waals surface area contributed by atoms with Crippen LogP contribution in [0.5, 0.6) is 0 Å². The molecule has 0 bridgehead atoms. The molecule has 1 aromatic carbocycles. The Morgan fingerprint density at radius 1 is 1.29 bits per heavy atom. The number of aromatic amines is 1. The first kappa shape index (κ1) is 16.9. The van der Waals surface area contributed by atoms with E-state index in [9.17, 15) is 10.1 Å². The van der Waals surface area contributed by atoms with Crippen LogP contribution in [-0.2, 0) is 17.8 Å². The summed E-state index contributed by atoms with van der Waals surface area (Å²) < 4.78 is 5.49. The molecule has 1 atom stereocenters. The summed E-state index contributed by atoms with van der Waals surface area (Å²) in [5.74, 6) is 1.31. The Balaban J connectivity index is 1.60. The van der Waals surface area contributed by atoms with Gasteiger partial charge in [-0.1, -0.05) is 12.1 Å². The Morgan fingerprint density at radius 2 is 2.18 bits per heavy atom. The van der Waals surface area contributed by atoms with Crippen LogP contribution in [-0.4, -0.2) is 28.1 Å². The van der Waals surface area contributed by atoms with Crippen molar-refractivity contribution in [2.75, 3.05) is 18.1 Å². The lowest BCUT2D eigenvalue weighted by Gasteiger charge is -2.27. The van der Waals surface area contributed by atoms with Crippen molar-refractivity contribution in [3.05, 3.63) is 63.3 Å². The van der Waals surface area contributed by atoms with E-state index >= 15 is 0 Å². The van der Waals surface area contributed by atoms with E-state index in [1.54, 1.807) is 6.07 Å². The first-order chi connectivity index (χ1) is 13.7. The van der Waals surface area contributed by atoms with Crippen molar-refractivity contribution >= 4 is 16.7 Å². The van der Waals surface area contributed by atoms with Gasteiger partial charge < -0.3 is 14.6 Å². The van der Waals surface area contributed by atoms with Crippen LogP contribution in [0, 0.1) is 11.3 Å². The number of nitriles is 1. The van der Waals surface area contributed by atoms with Crippen molar-refractivity contribution in [2.24, 2.45) is 0 Å². The van der Waals surface area contributed by atoms with E-state index in [0.29, 0.717) is 41.3 Å². The minimum atomic E-state index is -0.136. The van der Waals surface area contributed by atoms with Crippen LogP contribution < -0.4 is 10.5 Å². The number of nitrogens with zero attached hydrogens (tertiary/aromatic N) is 4. The normalized spacial score (nSPS) is 18.8. The molecule has 7 heteroatoms. The van der Waals surface area contributed by atoms with Gasteiger partial charge in [0.15, 0.2) is 0 Å². The number of benzene rings is 1. The summed E-state index contributed by atoms with van der Waals surface area (Å²) in [6.07, 6.45) is 2.56. The zero-order valence-electron chi connectivity index (χ0n) is 15.3. The summed E-state index contributed by atoms with van der Waals surface area (Å²) in [5, 5.41) is 10.3. The van der Waals surface area contributed by atoms with Gasteiger partial charge in [-0.15, -0.1) is 0 Å². The molecular weight excluding hydrogens is 354 g/mol. The summed E-state index contributed by atoms with van der Waals surface area (Å²) in [7, 11) is 0. The van der Waals surface area contributed by atoms with E-state index in [2.05, 4.69) is 16.0 Å². The smallest absolute Gasteiger partial charge is 0.258 e. The van der Waals surface area contributed by atoms with Gasteiger partial charge in [-0.05, 0) is 31.0 Å². The number of anilines is 1. The predicted octanol–water partition coefficient (Wildman–Crippen LogP) is 2.60. The molecule has 0 radical (unpaired) electrons. The zero-order valence-corrected chi connectivity index (χ0v) is 15.3. The van der Waals surface area contributed by atoms with Crippen molar-refractivity contribution in [3.63, 3.8) is 0 Å². The molecule has 0 amide bonds. The molecule has 0 saturated carbocycles. The third-order valence-corrected chi connectivity index (χ3v) is 5.50. The molecule has 1 saturated heterocycles. The SMILES string of the molecule is N#Cc1cc2c(nc1N1CCCC1c1nc3ccccc3c(=O)[nH]1)CCOC2. The molecular formula is C21H19N5O2.